The minimum absolute atomic E-state index is 0.0688. The van der Waals surface area contributed by atoms with Crippen LogP contribution in [0.25, 0.3) is 10.9 Å². The Bertz CT molecular complexity index is 1190. The first kappa shape index (κ1) is 23.4. The summed E-state index contributed by atoms with van der Waals surface area (Å²) >= 11 is 0. The quantitative estimate of drug-likeness (QED) is 0.461. The predicted octanol–water partition coefficient (Wildman–Crippen LogP) is 3.68. The SMILES string of the molecule is CC(=O)N1CCN(c2nc(C=N)c(NC(C)C)c(N[C@H](C)c3cnc4ccccc4c3)n2)CC1. The lowest BCUT2D eigenvalue weighted by atomic mass is 10.1. The molecule has 0 unspecified atom stereocenters. The summed E-state index contributed by atoms with van der Waals surface area (Å²) in [4.78, 5) is 29.7. The Morgan fingerprint density at radius 3 is 2.50 bits per heavy atom. The summed E-state index contributed by atoms with van der Waals surface area (Å²) < 4.78 is 0. The van der Waals surface area contributed by atoms with Gasteiger partial charge in [0.15, 0.2) is 5.82 Å². The van der Waals surface area contributed by atoms with Gasteiger partial charge in [-0.05, 0) is 38.5 Å². The molecule has 3 N–H and O–H groups in total. The third-order valence-electron chi connectivity index (χ3n) is 5.97. The van der Waals surface area contributed by atoms with Crippen molar-refractivity contribution in [1.82, 2.24) is 19.9 Å². The van der Waals surface area contributed by atoms with Crippen LogP contribution in [0.5, 0.6) is 0 Å². The average Bonchev–Trinajstić information content (AvgIpc) is 2.84. The second-order valence-electron chi connectivity index (χ2n) is 8.90. The molecule has 3 aromatic rings. The van der Waals surface area contributed by atoms with Crippen LogP contribution in [-0.2, 0) is 4.79 Å². The van der Waals surface area contributed by atoms with Crippen molar-refractivity contribution in [1.29, 1.82) is 5.41 Å². The molecule has 0 spiro atoms. The second kappa shape index (κ2) is 10.0. The van der Waals surface area contributed by atoms with Gasteiger partial charge in [0.25, 0.3) is 0 Å². The summed E-state index contributed by atoms with van der Waals surface area (Å²) in [5.41, 5.74) is 3.23. The molecule has 34 heavy (non-hydrogen) atoms. The van der Waals surface area contributed by atoms with Crippen LogP contribution >= 0.6 is 0 Å². The highest BCUT2D eigenvalue weighted by molar-refractivity contribution is 5.89. The van der Waals surface area contributed by atoms with Gasteiger partial charge in [-0.15, -0.1) is 0 Å². The van der Waals surface area contributed by atoms with Crippen molar-refractivity contribution in [3.63, 3.8) is 0 Å². The maximum absolute atomic E-state index is 11.7. The molecule has 1 saturated heterocycles. The summed E-state index contributed by atoms with van der Waals surface area (Å²) in [5.74, 6) is 1.28. The van der Waals surface area contributed by atoms with E-state index in [1.165, 1.54) is 6.21 Å². The van der Waals surface area contributed by atoms with Crippen LogP contribution < -0.4 is 15.5 Å². The minimum Gasteiger partial charge on any atom is -0.378 e. The van der Waals surface area contributed by atoms with Gasteiger partial charge in [0.05, 0.1) is 11.6 Å². The number of anilines is 3. The van der Waals surface area contributed by atoms with Crippen LogP contribution in [0.1, 0.15) is 45.0 Å². The Morgan fingerprint density at radius 2 is 1.82 bits per heavy atom. The normalized spacial score (nSPS) is 14.9. The maximum Gasteiger partial charge on any atom is 0.228 e. The highest BCUT2D eigenvalue weighted by Gasteiger charge is 2.24. The molecule has 1 aromatic carbocycles. The number of piperazine rings is 1. The molecular formula is C25H32N8O. The average molecular weight is 461 g/mol. The number of nitrogens with one attached hydrogen (secondary N) is 3. The number of rotatable bonds is 7. The molecule has 3 heterocycles. The van der Waals surface area contributed by atoms with Gasteiger partial charge in [0.2, 0.25) is 11.9 Å². The summed E-state index contributed by atoms with van der Waals surface area (Å²) in [6.45, 7) is 10.3. The number of benzene rings is 1. The molecule has 0 bridgehead atoms. The van der Waals surface area contributed by atoms with Crippen molar-refractivity contribution in [2.45, 2.75) is 39.8 Å². The summed E-state index contributed by atoms with van der Waals surface area (Å²) in [5, 5.41) is 16.0. The zero-order valence-electron chi connectivity index (χ0n) is 20.2. The molecule has 4 rings (SSSR count). The van der Waals surface area contributed by atoms with Gasteiger partial charge >= 0.3 is 0 Å². The number of aromatic nitrogens is 3. The minimum atomic E-state index is -0.0688. The highest BCUT2D eigenvalue weighted by atomic mass is 16.2. The monoisotopic (exact) mass is 460 g/mol. The fourth-order valence-corrected chi connectivity index (χ4v) is 4.08. The highest BCUT2D eigenvalue weighted by Crippen LogP contribution is 2.30. The van der Waals surface area contributed by atoms with Crippen LogP contribution in [0.3, 0.4) is 0 Å². The van der Waals surface area contributed by atoms with Crippen LogP contribution in [0.2, 0.25) is 0 Å². The Balaban J connectivity index is 1.66. The fourth-order valence-electron chi connectivity index (χ4n) is 4.08. The lowest BCUT2D eigenvalue weighted by Gasteiger charge is -2.34. The topological polar surface area (TPSA) is 110 Å². The smallest absolute Gasteiger partial charge is 0.228 e. The van der Waals surface area contributed by atoms with E-state index < -0.39 is 0 Å². The van der Waals surface area contributed by atoms with Crippen molar-refractivity contribution in [2.75, 3.05) is 41.7 Å². The van der Waals surface area contributed by atoms with E-state index in [0.717, 1.165) is 16.5 Å². The molecule has 1 atom stereocenters. The third kappa shape index (κ3) is 5.08. The molecule has 0 saturated carbocycles. The zero-order chi connectivity index (χ0) is 24.2. The molecule has 1 aliphatic rings. The van der Waals surface area contributed by atoms with E-state index in [4.69, 9.17) is 10.4 Å². The number of fused-ring (bicyclic) bond motifs is 1. The van der Waals surface area contributed by atoms with E-state index in [0.29, 0.717) is 49.3 Å². The molecule has 9 nitrogen and oxygen atoms in total. The molecule has 178 valence electrons. The van der Waals surface area contributed by atoms with E-state index in [9.17, 15) is 4.79 Å². The van der Waals surface area contributed by atoms with E-state index in [-0.39, 0.29) is 18.0 Å². The lowest BCUT2D eigenvalue weighted by Crippen LogP contribution is -2.48. The van der Waals surface area contributed by atoms with Gasteiger partial charge in [0, 0.05) is 56.9 Å². The van der Waals surface area contributed by atoms with Gasteiger partial charge in [-0.3, -0.25) is 9.78 Å². The molecular weight excluding hydrogens is 428 g/mol. The number of hydrogen-bond acceptors (Lipinski definition) is 8. The number of para-hydroxylation sites is 1. The van der Waals surface area contributed by atoms with Gasteiger partial charge in [-0.25, -0.2) is 4.98 Å². The van der Waals surface area contributed by atoms with E-state index >= 15 is 0 Å². The number of amides is 1. The number of hydrogen-bond donors (Lipinski definition) is 3. The van der Waals surface area contributed by atoms with Crippen molar-refractivity contribution >= 4 is 40.5 Å². The van der Waals surface area contributed by atoms with Gasteiger partial charge in [0.1, 0.15) is 11.4 Å². The second-order valence-corrected chi connectivity index (χ2v) is 8.90. The Hall–Kier alpha value is -3.75. The van der Waals surface area contributed by atoms with Crippen molar-refractivity contribution < 1.29 is 4.79 Å². The lowest BCUT2D eigenvalue weighted by molar-refractivity contribution is -0.129. The predicted molar refractivity (Wildman–Crippen MR) is 137 cm³/mol. The van der Waals surface area contributed by atoms with Crippen LogP contribution in [0.15, 0.2) is 36.5 Å². The van der Waals surface area contributed by atoms with Gasteiger partial charge in [-0.2, -0.15) is 4.98 Å². The van der Waals surface area contributed by atoms with Gasteiger partial charge < -0.3 is 25.8 Å². The molecule has 1 fully saturated rings. The first-order valence-electron chi connectivity index (χ1n) is 11.7. The molecule has 0 radical (unpaired) electrons. The Morgan fingerprint density at radius 1 is 1.09 bits per heavy atom. The number of nitrogens with zero attached hydrogens (tertiary/aromatic N) is 5. The fraction of sp³-hybridized carbons (Fsp3) is 0.400. The molecule has 1 amide bonds. The molecule has 9 heteroatoms. The third-order valence-corrected chi connectivity index (χ3v) is 5.97. The standard InChI is InChI=1S/C25H32N8O/c1-16(2)28-23-22(14-26)30-25(33-11-9-32(10-12-33)18(4)34)31-24(23)29-17(3)20-13-19-7-5-6-8-21(19)27-15-20/h5-8,13-17,26,28H,9-12H2,1-4H3,(H,29,30,31)/t17-/m1/s1. The largest absolute Gasteiger partial charge is 0.378 e. The molecule has 2 aromatic heterocycles. The summed E-state index contributed by atoms with van der Waals surface area (Å²) in [7, 11) is 0. The number of carbonyl (C=O) groups excluding carboxylic acids is 1. The molecule has 1 aliphatic heterocycles. The first-order valence-corrected chi connectivity index (χ1v) is 11.7. The number of carbonyl (C=O) groups is 1. The maximum atomic E-state index is 11.7. The summed E-state index contributed by atoms with van der Waals surface area (Å²) in [6.07, 6.45) is 3.14. The number of pyridine rings is 1. The van der Waals surface area contributed by atoms with E-state index in [1.807, 2.05) is 43.1 Å². The van der Waals surface area contributed by atoms with E-state index in [1.54, 1.807) is 6.92 Å². The summed E-state index contributed by atoms with van der Waals surface area (Å²) in [6, 6.07) is 10.3. The molecule has 0 aliphatic carbocycles. The zero-order valence-corrected chi connectivity index (χ0v) is 20.2. The van der Waals surface area contributed by atoms with Crippen molar-refractivity contribution in [3.05, 3.63) is 47.8 Å². The van der Waals surface area contributed by atoms with Crippen LogP contribution in [0.4, 0.5) is 17.5 Å². The first-order chi connectivity index (χ1) is 16.4. The van der Waals surface area contributed by atoms with Gasteiger partial charge in [-0.1, -0.05) is 18.2 Å². The Labute approximate surface area is 200 Å². The Kier molecular flexibility index (Phi) is 6.90. The van der Waals surface area contributed by atoms with Crippen LogP contribution in [-0.4, -0.2) is 64.2 Å². The van der Waals surface area contributed by atoms with Crippen LogP contribution in [0, 0.1) is 5.41 Å². The van der Waals surface area contributed by atoms with E-state index in [2.05, 4.69) is 44.6 Å². The van der Waals surface area contributed by atoms with Crippen molar-refractivity contribution in [2.24, 2.45) is 0 Å². The van der Waals surface area contributed by atoms with Crippen molar-refractivity contribution in [3.8, 4) is 0 Å².